The van der Waals surface area contributed by atoms with Gasteiger partial charge in [0, 0.05) is 6.61 Å². The Hall–Kier alpha value is -0.0800. The van der Waals surface area contributed by atoms with E-state index in [0.29, 0.717) is 6.10 Å². The molecule has 0 aromatic heterocycles. The summed E-state index contributed by atoms with van der Waals surface area (Å²) >= 11 is 0. The van der Waals surface area contributed by atoms with Crippen LogP contribution in [-0.4, -0.2) is 23.9 Å². The van der Waals surface area contributed by atoms with E-state index in [1.54, 1.807) is 0 Å². The predicted molar refractivity (Wildman–Crippen MR) is 56.2 cm³/mol. The van der Waals surface area contributed by atoms with Crippen LogP contribution in [0.5, 0.6) is 0 Å². The lowest BCUT2D eigenvalue weighted by molar-refractivity contribution is 0.100. The summed E-state index contributed by atoms with van der Waals surface area (Å²) in [5, 5.41) is 9.39. The van der Waals surface area contributed by atoms with Gasteiger partial charge in [0.15, 0.2) is 0 Å². The molecule has 2 rings (SSSR count). The van der Waals surface area contributed by atoms with E-state index in [1.165, 1.54) is 38.5 Å². The SMILES string of the molecule is OC1CCC(CCCC2CCCO2)C1. The van der Waals surface area contributed by atoms with Crippen molar-refractivity contribution >= 4 is 0 Å². The molecule has 2 nitrogen and oxygen atoms in total. The van der Waals surface area contributed by atoms with Gasteiger partial charge >= 0.3 is 0 Å². The van der Waals surface area contributed by atoms with Crippen LogP contribution >= 0.6 is 0 Å². The summed E-state index contributed by atoms with van der Waals surface area (Å²) in [5.74, 6) is 0.798. The lowest BCUT2D eigenvalue weighted by Gasteiger charge is -2.11. The highest BCUT2D eigenvalue weighted by atomic mass is 16.5. The van der Waals surface area contributed by atoms with E-state index < -0.39 is 0 Å². The molecule has 14 heavy (non-hydrogen) atoms. The molecule has 1 saturated carbocycles. The fourth-order valence-electron chi connectivity index (χ4n) is 2.82. The Kier molecular flexibility index (Phi) is 3.82. The van der Waals surface area contributed by atoms with Crippen LogP contribution in [0.15, 0.2) is 0 Å². The topological polar surface area (TPSA) is 29.5 Å². The number of hydrogen-bond acceptors (Lipinski definition) is 2. The van der Waals surface area contributed by atoms with Gasteiger partial charge in [0.05, 0.1) is 12.2 Å². The number of hydrogen-bond donors (Lipinski definition) is 1. The molecule has 3 atom stereocenters. The first-order valence-corrected chi connectivity index (χ1v) is 6.14. The van der Waals surface area contributed by atoms with Gasteiger partial charge in [-0.15, -0.1) is 0 Å². The zero-order chi connectivity index (χ0) is 9.80. The first kappa shape index (κ1) is 10.4. The van der Waals surface area contributed by atoms with Crippen LogP contribution in [0.4, 0.5) is 0 Å². The first-order valence-electron chi connectivity index (χ1n) is 6.14. The van der Waals surface area contributed by atoms with E-state index in [4.69, 9.17) is 4.74 Å². The largest absolute Gasteiger partial charge is 0.393 e. The van der Waals surface area contributed by atoms with Crippen molar-refractivity contribution in [2.24, 2.45) is 5.92 Å². The van der Waals surface area contributed by atoms with E-state index in [-0.39, 0.29) is 6.10 Å². The highest BCUT2D eigenvalue weighted by Gasteiger charge is 2.23. The molecular weight excluding hydrogens is 176 g/mol. The molecule has 0 aromatic carbocycles. The molecule has 0 bridgehead atoms. The van der Waals surface area contributed by atoms with Crippen molar-refractivity contribution in [1.29, 1.82) is 0 Å². The zero-order valence-electron chi connectivity index (χ0n) is 8.95. The summed E-state index contributed by atoms with van der Waals surface area (Å²) in [6, 6.07) is 0. The highest BCUT2D eigenvalue weighted by Crippen LogP contribution is 2.30. The molecule has 0 amide bonds. The molecule has 1 aliphatic carbocycles. The summed E-state index contributed by atoms with van der Waals surface area (Å²) in [4.78, 5) is 0. The zero-order valence-corrected chi connectivity index (χ0v) is 8.95. The van der Waals surface area contributed by atoms with Gasteiger partial charge in [0.2, 0.25) is 0 Å². The van der Waals surface area contributed by atoms with Crippen LogP contribution in [0.25, 0.3) is 0 Å². The van der Waals surface area contributed by atoms with Crippen LogP contribution in [-0.2, 0) is 4.74 Å². The molecule has 0 radical (unpaired) electrons. The fourth-order valence-corrected chi connectivity index (χ4v) is 2.82. The van der Waals surface area contributed by atoms with E-state index in [1.807, 2.05) is 0 Å². The standard InChI is InChI=1S/C12H22O2/c13-11-7-6-10(9-11)3-1-4-12-5-2-8-14-12/h10-13H,1-9H2. The molecule has 0 aromatic rings. The Morgan fingerprint density at radius 2 is 2.07 bits per heavy atom. The molecule has 2 fully saturated rings. The predicted octanol–water partition coefficient (Wildman–Crippen LogP) is 2.50. The minimum absolute atomic E-state index is 0.00253. The Morgan fingerprint density at radius 3 is 2.71 bits per heavy atom. The van der Waals surface area contributed by atoms with Crippen molar-refractivity contribution in [3.63, 3.8) is 0 Å². The van der Waals surface area contributed by atoms with Crippen LogP contribution in [0, 0.1) is 5.92 Å². The van der Waals surface area contributed by atoms with Gasteiger partial charge in [0.25, 0.3) is 0 Å². The molecule has 1 N–H and O–H groups in total. The Bertz CT molecular complexity index is 164. The monoisotopic (exact) mass is 198 g/mol. The van der Waals surface area contributed by atoms with Crippen molar-refractivity contribution < 1.29 is 9.84 Å². The third-order valence-electron chi connectivity index (χ3n) is 3.68. The number of aliphatic hydroxyl groups is 1. The van der Waals surface area contributed by atoms with E-state index in [0.717, 1.165) is 25.4 Å². The Morgan fingerprint density at radius 1 is 1.14 bits per heavy atom. The van der Waals surface area contributed by atoms with Crippen LogP contribution < -0.4 is 0 Å². The van der Waals surface area contributed by atoms with Crippen molar-refractivity contribution in [1.82, 2.24) is 0 Å². The van der Waals surface area contributed by atoms with Gasteiger partial charge < -0.3 is 9.84 Å². The van der Waals surface area contributed by atoms with E-state index in [9.17, 15) is 5.11 Å². The maximum atomic E-state index is 9.39. The molecule has 0 spiro atoms. The lowest BCUT2D eigenvalue weighted by Crippen LogP contribution is -2.06. The van der Waals surface area contributed by atoms with Crippen molar-refractivity contribution in [2.75, 3.05) is 6.61 Å². The third kappa shape index (κ3) is 2.96. The average Bonchev–Trinajstić information content (AvgIpc) is 2.77. The summed E-state index contributed by atoms with van der Waals surface area (Å²) < 4.78 is 5.59. The lowest BCUT2D eigenvalue weighted by atomic mass is 9.98. The van der Waals surface area contributed by atoms with Gasteiger partial charge in [-0.2, -0.15) is 0 Å². The van der Waals surface area contributed by atoms with Gasteiger partial charge in [0.1, 0.15) is 0 Å². The number of ether oxygens (including phenoxy) is 1. The maximum Gasteiger partial charge on any atom is 0.0576 e. The molecule has 3 unspecified atom stereocenters. The minimum atomic E-state index is 0.00253. The quantitative estimate of drug-likeness (QED) is 0.752. The fraction of sp³-hybridized carbons (Fsp3) is 1.00. The summed E-state index contributed by atoms with van der Waals surface area (Å²) in [5.41, 5.74) is 0. The molecular formula is C12H22O2. The second-order valence-corrected chi connectivity index (χ2v) is 4.90. The molecule has 82 valence electrons. The smallest absolute Gasteiger partial charge is 0.0576 e. The second kappa shape index (κ2) is 5.13. The van der Waals surface area contributed by atoms with Gasteiger partial charge in [-0.25, -0.2) is 0 Å². The van der Waals surface area contributed by atoms with E-state index in [2.05, 4.69) is 0 Å². The summed E-state index contributed by atoms with van der Waals surface area (Å²) in [7, 11) is 0. The van der Waals surface area contributed by atoms with Crippen molar-refractivity contribution in [3.05, 3.63) is 0 Å². The Labute approximate surface area is 86.6 Å². The molecule has 1 saturated heterocycles. The van der Waals surface area contributed by atoms with Gasteiger partial charge in [-0.1, -0.05) is 12.8 Å². The first-order chi connectivity index (χ1) is 6.84. The van der Waals surface area contributed by atoms with Crippen molar-refractivity contribution in [2.45, 2.75) is 63.6 Å². The molecule has 1 heterocycles. The van der Waals surface area contributed by atoms with Crippen LogP contribution in [0.2, 0.25) is 0 Å². The summed E-state index contributed by atoms with van der Waals surface area (Å²) in [6.07, 6.45) is 10.2. The maximum absolute atomic E-state index is 9.39. The highest BCUT2D eigenvalue weighted by molar-refractivity contribution is 4.75. The van der Waals surface area contributed by atoms with Crippen LogP contribution in [0.3, 0.4) is 0 Å². The minimum Gasteiger partial charge on any atom is -0.393 e. The molecule has 1 aliphatic heterocycles. The van der Waals surface area contributed by atoms with Gasteiger partial charge in [-0.3, -0.25) is 0 Å². The Balaban J connectivity index is 1.54. The van der Waals surface area contributed by atoms with Crippen LogP contribution in [0.1, 0.15) is 51.4 Å². The van der Waals surface area contributed by atoms with Crippen molar-refractivity contribution in [3.8, 4) is 0 Å². The normalized spacial score (nSPS) is 37.9. The average molecular weight is 198 g/mol. The van der Waals surface area contributed by atoms with Gasteiger partial charge in [-0.05, 0) is 44.4 Å². The molecule has 2 aliphatic rings. The third-order valence-corrected chi connectivity index (χ3v) is 3.68. The number of aliphatic hydroxyl groups excluding tert-OH is 1. The summed E-state index contributed by atoms with van der Waals surface area (Å²) in [6.45, 7) is 0.979. The van der Waals surface area contributed by atoms with E-state index >= 15 is 0 Å². The molecule has 2 heteroatoms. The number of rotatable bonds is 4. The second-order valence-electron chi connectivity index (χ2n) is 4.90.